The van der Waals surface area contributed by atoms with Crippen LogP contribution in [0.15, 0.2) is 211 Å². The molecule has 0 radical (unpaired) electrons. The summed E-state index contributed by atoms with van der Waals surface area (Å²) in [6.07, 6.45) is 0. The predicted molar refractivity (Wildman–Crippen MR) is 261 cm³/mol. The molecular formula is C58H34N4O. The second-order valence-corrected chi connectivity index (χ2v) is 16.5. The molecule has 0 aliphatic heterocycles. The number of fused-ring (bicyclic) bond motifs is 12. The van der Waals surface area contributed by atoms with Gasteiger partial charge in [-0.2, -0.15) is 0 Å². The molecule has 0 atom stereocenters. The lowest BCUT2D eigenvalue weighted by Gasteiger charge is -2.16. The number of aromatic nitrogens is 4. The standard InChI is InChI=1S/C58H34N4O/c1-2-15-36-33-51-46(31-35(36)14-1)42-20-6-10-25-49(42)62(51)57-41-19-4-3-16-37(41)34-52-55(57)45-23-7-11-26-50(45)61(52)40-18-13-17-39(30-40)58-59-48-24-9-5-22-44(48)56(60-58)38-28-29-54-47(32-38)43-21-8-12-27-53(43)63-54/h1-34H. The number of rotatable bonds is 4. The third-order valence-electron chi connectivity index (χ3n) is 13.0. The highest BCUT2D eigenvalue weighted by molar-refractivity contribution is 6.23. The Labute approximate surface area is 360 Å². The van der Waals surface area contributed by atoms with Crippen molar-refractivity contribution in [3.63, 3.8) is 0 Å². The molecule has 14 aromatic rings. The fraction of sp³-hybridized carbons (Fsp3) is 0. The number of hydrogen-bond donors (Lipinski definition) is 0. The summed E-state index contributed by atoms with van der Waals surface area (Å²) in [5.74, 6) is 0.673. The van der Waals surface area contributed by atoms with Gasteiger partial charge in [-0.15, -0.1) is 0 Å². The first-order chi connectivity index (χ1) is 31.2. The minimum atomic E-state index is 0.673. The number of hydrogen-bond acceptors (Lipinski definition) is 3. The molecule has 0 saturated heterocycles. The topological polar surface area (TPSA) is 48.8 Å². The Hall–Kier alpha value is -8.54. The van der Waals surface area contributed by atoms with Crippen molar-refractivity contribution in [3.8, 4) is 34.0 Å². The monoisotopic (exact) mass is 802 g/mol. The quantitative estimate of drug-likeness (QED) is 0.178. The molecule has 0 aliphatic carbocycles. The van der Waals surface area contributed by atoms with E-state index in [0.29, 0.717) is 5.82 Å². The molecule has 5 nitrogen and oxygen atoms in total. The van der Waals surface area contributed by atoms with Crippen LogP contribution in [0.5, 0.6) is 0 Å². The van der Waals surface area contributed by atoms with Gasteiger partial charge in [0.05, 0.1) is 39.0 Å². The van der Waals surface area contributed by atoms with Crippen LogP contribution >= 0.6 is 0 Å². The smallest absolute Gasteiger partial charge is 0.160 e. The number of benzene rings is 10. The zero-order chi connectivity index (χ0) is 41.2. The van der Waals surface area contributed by atoms with Gasteiger partial charge in [0.25, 0.3) is 0 Å². The Morgan fingerprint density at radius 1 is 0.349 bits per heavy atom. The van der Waals surface area contributed by atoms with Gasteiger partial charge in [0.15, 0.2) is 5.82 Å². The zero-order valence-electron chi connectivity index (χ0n) is 33.8. The van der Waals surface area contributed by atoms with Crippen molar-refractivity contribution >= 4 is 98.0 Å². The molecule has 0 N–H and O–H groups in total. The van der Waals surface area contributed by atoms with Crippen molar-refractivity contribution in [1.82, 2.24) is 19.1 Å². The maximum atomic E-state index is 6.20. The van der Waals surface area contributed by atoms with Crippen molar-refractivity contribution in [2.24, 2.45) is 0 Å². The SMILES string of the molecule is c1cc(-c2nc(-c3ccc4oc5ccccc5c4c3)c3ccccc3n2)cc(-n2c3ccccc3c3c(-n4c5ccccc5c5cc6ccccc6cc54)c4ccccc4cc32)c1. The van der Waals surface area contributed by atoms with Crippen LogP contribution in [0, 0.1) is 0 Å². The average Bonchev–Trinajstić information content (AvgIpc) is 3.99. The van der Waals surface area contributed by atoms with E-state index in [0.717, 1.165) is 66.4 Å². The van der Waals surface area contributed by atoms with Crippen molar-refractivity contribution in [2.75, 3.05) is 0 Å². The normalized spacial score (nSPS) is 12.1. The van der Waals surface area contributed by atoms with E-state index in [1.165, 1.54) is 59.8 Å². The maximum absolute atomic E-state index is 6.20. The molecular weight excluding hydrogens is 769 g/mol. The Balaban J connectivity index is 1.02. The number of nitrogens with zero attached hydrogens (tertiary/aromatic N) is 4. The molecule has 0 bridgehead atoms. The lowest BCUT2D eigenvalue weighted by Crippen LogP contribution is -1.99. The minimum absolute atomic E-state index is 0.673. The van der Waals surface area contributed by atoms with Crippen LogP contribution in [0.4, 0.5) is 0 Å². The summed E-state index contributed by atoms with van der Waals surface area (Å²) in [6, 6.07) is 73.9. The van der Waals surface area contributed by atoms with E-state index in [1.54, 1.807) is 0 Å². The summed E-state index contributed by atoms with van der Waals surface area (Å²) in [5, 5.41) is 12.9. The molecule has 0 unspecified atom stereocenters. The Bertz CT molecular complexity index is 4230. The second kappa shape index (κ2) is 13.0. The first kappa shape index (κ1) is 34.2. The lowest BCUT2D eigenvalue weighted by atomic mass is 10.0. The molecule has 5 heteroatoms. The van der Waals surface area contributed by atoms with Gasteiger partial charge >= 0.3 is 0 Å². The van der Waals surface area contributed by atoms with Gasteiger partial charge in [-0.3, -0.25) is 0 Å². The molecule has 0 spiro atoms. The number of para-hydroxylation sites is 4. The van der Waals surface area contributed by atoms with Crippen LogP contribution in [0.3, 0.4) is 0 Å². The fourth-order valence-electron chi connectivity index (χ4n) is 10.3. The van der Waals surface area contributed by atoms with E-state index in [1.807, 2.05) is 18.2 Å². The Morgan fingerprint density at radius 3 is 1.86 bits per heavy atom. The lowest BCUT2D eigenvalue weighted by molar-refractivity contribution is 0.669. The summed E-state index contributed by atoms with van der Waals surface area (Å²) in [7, 11) is 0. The molecule has 0 amide bonds. The molecule has 4 aromatic heterocycles. The van der Waals surface area contributed by atoms with Crippen LogP contribution in [-0.4, -0.2) is 19.1 Å². The van der Waals surface area contributed by atoms with Crippen molar-refractivity contribution in [1.29, 1.82) is 0 Å². The molecule has 10 aromatic carbocycles. The Kier molecular flexibility index (Phi) is 7.05. The van der Waals surface area contributed by atoms with Crippen molar-refractivity contribution in [3.05, 3.63) is 206 Å². The van der Waals surface area contributed by atoms with Gasteiger partial charge in [0.1, 0.15) is 11.2 Å². The third kappa shape index (κ3) is 4.99. The fourth-order valence-corrected chi connectivity index (χ4v) is 10.3. The van der Waals surface area contributed by atoms with E-state index in [9.17, 15) is 0 Å². The summed E-state index contributed by atoms with van der Waals surface area (Å²) in [4.78, 5) is 10.6. The van der Waals surface area contributed by atoms with E-state index >= 15 is 0 Å². The van der Waals surface area contributed by atoms with E-state index in [4.69, 9.17) is 14.4 Å². The van der Waals surface area contributed by atoms with E-state index < -0.39 is 0 Å². The summed E-state index contributed by atoms with van der Waals surface area (Å²) in [5.41, 5.74) is 12.3. The van der Waals surface area contributed by atoms with E-state index in [-0.39, 0.29) is 0 Å². The molecule has 0 fully saturated rings. The molecule has 292 valence electrons. The summed E-state index contributed by atoms with van der Waals surface area (Å²) < 4.78 is 11.1. The van der Waals surface area contributed by atoms with Gasteiger partial charge in [-0.25, -0.2) is 9.97 Å². The van der Waals surface area contributed by atoms with Gasteiger partial charge in [-0.1, -0.05) is 133 Å². The predicted octanol–water partition coefficient (Wildman–Crippen LogP) is 15.4. The van der Waals surface area contributed by atoms with Crippen LogP contribution < -0.4 is 0 Å². The Morgan fingerprint density at radius 2 is 1.00 bits per heavy atom. The largest absolute Gasteiger partial charge is 0.456 e. The van der Waals surface area contributed by atoms with E-state index in [2.05, 4.69) is 197 Å². The van der Waals surface area contributed by atoms with Crippen molar-refractivity contribution in [2.45, 2.75) is 0 Å². The first-order valence-corrected chi connectivity index (χ1v) is 21.4. The second-order valence-electron chi connectivity index (χ2n) is 16.5. The average molecular weight is 803 g/mol. The van der Waals surface area contributed by atoms with Crippen LogP contribution in [0.2, 0.25) is 0 Å². The van der Waals surface area contributed by atoms with Gasteiger partial charge in [0, 0.05) is 59.9 Å². The summed E-state index contributed by atoms with van der Waals surface area (Å²) in [6.45, 7) is 0. The van der Waals surface area contributed by atoms with Crippen LogP contribution in [0.1, 0.15) is 0 Å². The highest BCUT2D eigenvalue weighted by Crippen LogP contribution is 2.45. The van der Waals surface area contributed by atoms with Crippen molar-refractivity contribution < 1.29 is 4.42 Å². The highest BCUT2D eigenvalue weighted by Gasteiger charge is 2.23. The first-order valence-electron chi connectivity index (χ1n) is 21.4. The van der Waals surface area contributed by atoms with Crippen LogP contribution in [0.25, 0.3) is 132 Å². The third-order valence-corrected chi connectivity index (χ3v) is 13.0. The minimum Gasteiger partial charge on any atom is -0.456 e. The molecule has 0 saturated carbocycles. The number of furan rings is 1. The van der Waals surface area contributed by atoms with Crippen LogP contribution in [-0.2, 0) is 0 Å². The van der Waals surface area contributed by atoms with Gasteiger partial charge in [0.2, 0.25) is 0 Å². The highest BCUT2D eigenvalue weighted by atomic mass is 16.3. The van der Waals surface area contributed by atoms with Gasteiger partial charge in [-0.05, 0) is 89.0 Å². The van der Waals surface area contributed by atoms with Gasteiger partial charge < -0.3 is 13.6 Å². The molecule has 0 aliphatic rings. The maximum Gasteiger partial charge on any atom is 0.160 e. The molecule has 4 heterocycles. The zero-order valence-corrected chi connectivity index (χ0v) is 33.8. The molecule has 14 rings (SSSR count). The molecule has 63 heavy (non-hydrogen) atoms. The summed E-state index contributed by atoms with van der Waals surface area (Å²) >= 11 is 0.